The lowest BCUT2D eigenvalue weighted by Gasteiger charge is -2.29. The van der Waals surface area contributed by atoms with Crippen LogP contribution in [0.25, 0.3) is 5.57 Å². The van der Waals surface area contributed by atoms with E-state index in [1.807, 2.05) is 6.92 Å². The van der Waals surface area contributed by atoms with Crippen molar-refractivity contribution in [3.05, 3.63) is 23.2 Å². The molecule has 1 amide bonds. The van der Waals surface area contributed by atoms with Gasteiger partial charge in [0.05, 0.1) is 23.5 Å². The Bertz CT molecular complexity index is 741. The number of fused-ring (bicyclic) bond motifs is 1. The molecule has 0 spiro atoms. The average Bonchev–Trinajstić information content (AvgIpc) is 2.98. The van der Waals surface area contributed by atoms with Gasteiger partial charge in [-0.2, -0.15) is 0 Å². The minimum Gasteiger partial charge on any atom is -0.404 e. The fourth-order valence-electron chi connectivity index (χ4n) is 3.38. The molecule has 8 heteroatoms. The van der Waals surface area contributed by atoms with Gasteiger partial charge in [-0.25, -0.2) is 9.97 Å². The molecule has 1 unspecified atom stereocenters. The number of allylic oxidation sites excluding steroid dienone is 1. The lowest BCUT2D eigenvalue weighted by atomic mass is 9.91. The Balaban J connectivity index is 2.02. The van der Waals surface area contributed by atoms with E-state index in [1.165, 1.54) is 6.20 Å². The predicted molar refractivity (Wildman–Crippen MR) is 98.3 cm³/mol. The van der Waals surface area contributed by atoms with Crippen LogP contribution in [-0.4, -0.2) is 40.7 Å². The summed E-state index contributed by atoms with van der Waals surface area (Å²) >= 11 is 0. The number of aliphatic imine (C=N–C) groups is 1. The van der Waals surface area contributed by atoms with Gasteiger partial charge in [0, 0.05) is 36.6 Å². The maximum atomic E-state index is 12.2. The molecule has 1 aliphatic heterocycles. The first-order chi connectivity index (χ1) is 12.0. The molecule has 134 valence electrons. The predicted octanol–water partition coefficient (Wildman–Crippen LogP) is 0.792. The minimum atomic E-state index is -0.186. The van der Waals surface area contributed by atoms with E-state index in [4.69, 9.17) is 11.5 Å². The molecule has 3 rings (SSSR count). The van der Waals surface area contributed by atoms with Gasteiger partial charge < -0.3 is 22.1 Å². The maximum Gasteiger partial charge on any atom is 0.255 e. The highest BCUT2D eigenvalue weighted by Gasteiger charge is 2.30. The zero-order valence-electron chi connectivity index (χ0n) is 14.7. The third kappa shape index (κ3) is 3.34. The van der Waals surface area contributed by atoms with Crippen LogP contribution in [0.15, 0.2) is 11.2 Å². The molecule has 1 fully saturated rings. The molecule has 0 radical (unpaired) electrons. The van der Waals surface area contributed by atoms with Gasteiger partial charge in [-0.15, -0.1) is 0 Å². The molecule has 1 aromatic rings. The smallest absolute Gasteiger partial charge is 0.255 e. The molecule has 1 aromatic heterocycles. The molecule has 8 nitrogen and oxygen atoms in total. The molecule has 0 saturated heterocycles. The summed E-state index contributed by atoms with van der Waals surface area (Å²) in [7, 11) is 1.68. The second-order valence-electron chi connectivity index (χ2n) is 6.49. The molecule has 1 saturated carbocycles. The van der Waals surface area contributed by atoms with E-state index in [2.05, 4.69) is 25.6 Å². The van der Waals surface area contributed by atoms with Crippen LogP contribution in [0.2, 0.25) is 0 Å². The van der Waals surface area contributed by atoms with E-state index in [1.54, 1.807) is 7.05 Å². The van der Waals surface area contributed by atoms with Crippen LogP contribution in [0.5, 0.6) is 0 Å². The number of nitrogens with one attached hydrogen (secondary N) is 2. The van der Waals surface area contributed by atoms with E-state index in [9.17, 15) is 4.79 Å². The van der Waals surface area contributed by atoms with Gasteiger partial charge in [-0.1, -0.05) is 12.8 Å². The lowest BCUT2D eigenvalue weighted by Crippen LogP contribution is -2.43. The normalized spacial score (nSPS) is 24.0. The molecule has 0 aromatic carbocycles. The summed E-state index contributed by atoms with van der Waals surface area (Å²) in [6.07, 6.45) is 5.71. The van der Waals surface area contributed by atoms with Crippen molar-refractivity contribution in [2.24, 2.45) is 16.5 Å². The summed E-state index contributed by atoms with van der Waals surface area (Å²) in [6.45, 7) is 2.22. The Morgan fingerprint density at radius 2 is 2.12 bits per heavy atom. The van der Waals surface area contributed by atoms with Crippen molar-refractivity contribution in [3.63, 3.8) is 0 Å². The second-order valence-corrected chi connectivity index (χ2v) is 6.49. The van der Waals surface area contributed by atoms with Crippen molar-refractivity contribution in [2.45, 2.75) is 51.2 Å². The SMILES string of the molecule is CN=C(C)C(=CN)c1nc(NC2CCCC[C@@H]2N)nc2c1C(=O)NC2. The summed E-state index contributed by atoms with van der Waals surface area (Å²) in [5, 5.41) is 6.16. The topological polar surface area (TPSA) is 131 Å². The largest absolute Gasteiger partial charge is 0.404 e. The van der Waals surface area contributed by atoms with Crippen LogP contribution in [-0.2, 0) is 6.54 Å². The fourth-order valence-corrected chi connectivity index (χ4v) is 3.38. The molecule has 1 aliphatic carbocycles. The maximum absolute atomic E-state index is 12.2. The first kappa shape index (κ1) is 17.3. The Labute approximate surface area is 147 Å². The quantitative estimate of drug-likeness (QED) is 0.598. The summed E-state index contributed by atoms with van der Waals surface area (Å²) in [4.78, 5) is 25.5. The van der Waals surface area contributed by atoms with Crippen LogP contribution < -0.4 is 22.1 Å². The highest BCUT2D eigenvalue weighted by atomic mass is 16.1. The van der Waals surface area contributed by atoms with E-state index >= 15 is 0 Å². The van der Waals surface area contributed by atoms with Gasteiger partial charge >= 0.3 is 0 Å². The number of hydrogen-bond donors (Lipinski definition) is 4. The second kappa shape index (κ2) is 7.18. The number of amides is 1. The van der Waals surface area contributed by atoms with E-state index in [-0.39, 0.29) is 18.0 Å². The molecular formula is C17H25N7O. The highest BCUT2D eigenvalue weighted by molar-refractivity contribution is 6.24. The molecular weight excluding hydrogens is 318 g/mol. The first-order valence-electron chi connectivity index (χ1n) is 8.62. The van der Waals surface area contributed by atoms with Crippen molar-refractivity contribution in [1.29, 1.82) is 0 Å². The number of aromatic nitrogens is 2. The zero-order chi connectivity index (χ0) is 18.0. The monoisotopic (exact) mass is 343 g/mol. The van der Waals surface area contributed by atoms with Gasteiger partial charge in [0.15, 0.2) is 0 Å². The summed E-state index contributed by atoms with van der Waals surface area (Å²) < 4.78 is 0. The number of carbonyl (C=O) groups is 1. The zero-order valence-corrected chi connectivity index (χ0v) is 14.7. The van der Waals surface area contributed by atoms with Crippen molar-refractivity contribution in [2.75, 3.05) is 12.4 Å². The number of rotatable bonds is 4. The highest BCUT2D eigenvalue weighted by Crippen LogP contribution is 2.27. The van der Waals surface area contributed by atoms with Crippen molar-refractivity contribution in [3.8, 4) is 0 Å². The summed E-state index contributed by atoms with van der Waals surface area (Å²) in [5.41, 5.74) is 15.0. The molecule has 2 atom stereocenters. The lowest BCUT2D eigenvalue weighted by molar-refractivity contribution is 0.0965. The fraction of sp³-hybridized carbons (Fsp3) is 0.529. The number of anilines is 1. The van der Waals surface area contributed by atoms with Gasteiger partial charge in [0.1, 0.15) is 0 Å². The number of nitrogens with two attached hydrogens (primary N) is 2. The van der Waals surface area contributed by atoms with Gasteiger partial charge in [0.25, 0.3) is 5.91 Å². The van der Waals surface area contributed by atoms with E-state index in [0.29, 0.717) is 40.7 Å². The Morgan fingerprint density at radius 1 is 1.36 bits per heavy atom. The Morgan fingerprint density at radius 3 is 2.80 bits per heavy atom. The minimum absolute atomic E-state index is 0.0808. The van der Waals surface area contributed by atoms with Crippen LogP contribution in [0.1, 0.15) is 54.4 Å². The number of nitrogens with zero attached hydrogens (tertiary/aromatic N) is 3. The van der Waals surface area contributed by atoms with E-state index < -0.39 is 0 Å². The van der Waals surface area contributed by atoms with E-state index in [0.717, 1.165) is 25.7 Å². The third-order valence-electron chi connectivity index (χ3n) is 4.91. The van der Waals surface area contributed by atoms with Crippen LogP contribution in [0, 0.1) is 0 Å². The molecule has 2 heterocycles. The third-order valence-corrected chi connectivity index (χ3v) is 4.91. The van der Waals surface area contributed by atoms with Crippen LogP contribution in [0.4, 0.5) is 5.95 Å². The van der Waals surface area contributed by atoms with Crippen molar-refractivity contribution >= 4 is 23.1 Å². The average molecular weight is 343 g/mol. The molecule has 0 bridgehead atoms. The standard InChI is InChI=1S/C17H25N7O/c1-9(20-2)10(7-18)15-14-13(8-21-16(14)25)23-17(24-15)22-12-6-4-3-5-11(12)19/h7,11-12H,3-6,8,18-19H2,1-2H3,(H,21,25)(H,22,23,24)/t11-,12?/m0/s1. The first-order valence-corrected chi connectivity index (χ1v) is 8.62. The summed E-state index contributed by atoms with van der Waals surface area (Å²) in [5.74, 6) is 0.296. The number of hydrogen-bond acceptors (Lipinski definition) is 7. The van der Waals surface area contributed by atoms with Crippen molar-refractivity contribution < 1.29 is 4.79 Å². The summed E-state index contributed by atoms with van der Waals surface area (Å²) in [6, 6.07) is 0.216. The van der Waals surface area contributed by atoms with Crippen LogP contribution >= 0.6 is 0 Å². The molecule has 2 aliphatic rings. The van der Waals surface area contributed by atoms with Gasteiger partial charge in [-0.3, -0.25) is 9.79 Å². The Hall–Kier alpha value is -2.48. The molecule has 6 N–H and O–H groups in total. The molecule has 25 heavy (non-hydrogen) atoms. The van der Waals surface area contributed by atoms with Crippen molar-refractivity contribution in [1.82, 2.24) is 15.3 Å². The number of carbonyl (C=O) groups excluding carboxylic acids is 1. The van der Waals surface area contributed by atoms with Gasteiger partial charge in [-0.05, 0) is 19.8 Å². The van der Waals surface area contributed by atoms with Crippen LogP contribution in [0.3, 0.4) is 0 Å². The Kier molecular flexibility index (Phi) is 4.98. The van der Waals surface area contributed by atoms with Gasteiger partial charge in [0.2, 0.25) is 5.95 Å².